The molecule has 3 rings (SSSR count). The van der Waals surface area contributed by atoms with Crippen molar-refractivity contribution >= 4 is 11.6 Å². The molecule has 2 aromatic carbocycles. The summed E-state index contributed by atoms with van der Waals surface area (Å²) in [6.07, 6.45) is 6.18. The first-order chi connectivity index (χ1) is 15.0. The van der Waals surface area contributed by atoms with Crippen LogP contribution in [0.2, 0.25) is 0 Å². The van der Waals surface area contributed by atoms with Gasteiger partial charge >= 0.3 is 11.1 Å². The van der Waals surface area contributed by atoms with Crippen LogP contribution in [0.3, 0.4) is 0 Å². The Hall–Kier alpha value is -3.61. The van der Waals surface area contributed by atoms with Crippen LogP contribution in [0.1, 0.15) is 32.3 Å². The summed E-state index contributed by atoms with van der Waals surface area (Å²) < 4.78 is 7.75. The third kappa shape index (κ3) is 5.72. The minimum absolute atomic E-state index is 0.240. The molecule has 1 aromatic heterocycles. The van der Waals surface area contributed by atoms with Crippen molar-refractivity contribution in [3.63, 3.8) is 0 Å². The van der Waals surface area contributed by atoms with E-state index in [1.54, 1.807) is 24.3 Å². The molecule has 1 amide bonds. The Balaban J connectivity index is 1.69. The molecule has 0 radical (unpaired) electrons. The molecular weight excluding hydrogens is 394 g/mol. The molecule has 0 bridgehead atoms. The topological polar surface area (TPSA) is 82.3 Å². The van der Waals surface area contributed by atoms with Crippen LogP contribution in [0.5, 0.6) is 5.75 Å². The van der Waals surface area contributed by atoms with Crippen LogP contribution in [0.25, 0.3) is 5.69 Å². The Bertz CT molecular complexity index is 1130. The summed E-state index contributed by atoms with van der Waals surface area (Å²) in [5, 5.41) is 2.76. The summed E-state index contributed by atoms with van der Waals surface area (Å²) in [4.78, 5) is 37.4. The van der Waals surface area contributed by atoms with E-state index in [4.69, 9.17) is 4.74 Å². The third-order valence-corrected chi connectivity index (χ3v) is 4.85. The molecule has 0 aliphatic rings. The van der Waals surface area contributed by atoms with Crippen molar-refractivity contribution < 1.29 is 9.53 Å². The lowest BCUT2D eigenvalue weighted by molar-refractivity contribution is -0.116. The molecule has 7 heteroatoms. The van der Waals surface area contributed by atoms with Crippen LogP contribution in [0.4, 0.5) is 5.69 Å². The number of nitrogens with zero attached hydrogens (tertiary/aromatic N) is 2. The first-order valence-electron chi connectivity index (χ1n) is 10.5. The van der Waals surface area contributed by atoms with Gasteiger partial charge in [0.15, 0.2) is 0 Å². The highest BCUT2D eigenvalue weighted by atomic mass is 16.5. The van der Waals surface area contributed by atoms with Crippen molar-refractivity contribution in [2.75, 3.05) is 11.9 Å². The summed E-state index contributed by atoms with van der Waals surface area (Å²) in [7, 11) is 0. The molecule has 1 N–H and O–H groups in total. The van der Waals surface area contributed by atoms with Crippen LogP contribution in [-0.2, 0) is 17.8 Å². The summed E-state index contributed by atoms with van der Waals surface area (Å²) in [5.41, 5.74) is 0.932. The quantitative estimate of drug-likeness (QED) is 0.537. The van der Waals surface area contributed by atoms with Gasteiger partial charge < -0.3 is 10.1 Å². The summed E-state index contributed by atoms with van der Waals surface area (Å²) >= 11 is 0. The van der Waals surface area contributed by atoms with E-state index in [9.17, 15) is 14.4 Å². The molecule has 0 atom stereocenters. The fourth-order valence-corrected chi connectivity index (χ4v) is 3.20. The second-order valence-electron chi connectivity index (χ2n) is 7.18. The van der Waals surface area contributed by atoms with Gasteiger partial charge in [-0.25, -0.2) is 0 Å². The van der Waals surface area contributed by atoms with Crippen molar-refractivity contribution in [3.8, 4) is 11.4 Å². The summed E-state index contributed by atoms with van der Waals surface area (Å²) in [6, 6.07) is 14.5. The number of hydrogen-bond donors (Lipinski definition) is 1. The van der Waals surface area contributed by atoms with Crippen LogP contribution < -0.4 is 21.2 Å². The Morgan fingerprint density at radius 1 is 0.935 bits per heavy atom. The monoisotopic (exact) mass is 421 g/mol. The van der Waals surface area contributed by atoms with Crippen molar-refractivity contribution in [2.45, 2.75) is 39.7 Å². The van der Waals surface area contributed by atoms with Gasteiger partial charge in [-0.2, -0.15) is 0 Å². The average molecular weight is 421 g/mol. The number of benzene rings is 2. The molecule has 0 spiro atoms. The zero-order valence-corrected chi connectivity index (χ0v) is 17.8. The number of nitrogens with one attached hydrogen (secondary N) is 1. The number of carbonyl (C=O) groups excluding carboxylic acids is 1. The molecule has 3 aromatic rings. The molecule has 0 aliphatic carbocycles. The Morgan fingerprint density at radius 2 is 1.65 bits per heavy atom. The average Bonchev–Trinajstić information content (AvgIpc) is 2.77. The Kier molecular flexibility index (Phi) is 7.43. The zero-order valence-electron chi connectivity index (χ0n) is 17.8. The highest BCUT2D eigenvalue weighted by molar-refractivity contribution is 5.90. The number of rotatable bonds is 9. The number of anilines is 1. The maximum absolute atomic E-state index is 12.5. The first kappa shape index (κ1) is 22.1. The number of unbranched alkanes of at least 4 members (excludes halogenated alkanes) is 1. The maximum atomic E-state index is 12.5. The molecule has 0 aliphatic heterocycles. The van der Waals surface area contributed by atoms with Gasteiger partial charge in [0.2, 0.25) is 5.91 Å². The van der Waals surface area contributed by atoms with E-state index in [2.05, 4.69) is 12.2 Å². The zero-order chi connectivity index (χ0) is 22.2. The lowest BCUT2D eigenvalue weighted by Gasteiger charge is -2.10. The van der Waals surface area contributed by atoms with Gasteiger partial charge in [0, 0.05) is 23.8 Å². The van der Waals surface area contributed by atoms with Gasteiger partial charge in [0.25, 0.3) is 0 Å². The van der Waals surface area contributed by atoms with E-state index in [0.717, 1.165) is 23.8 Å². The largest absolute Gasteiger partial charge is 0.494 e. The van der Waals surface area contributed by atoms with Crippen LogP contribution in [-0.4, -0.2) is 21.6 Å². The number of aryl methyl sites for hydroxylation is 1. The van der Waals surface area contributed by atoms with Crippen LogP contribution in [0, 0.1) is 0 Å². The van der Waals surface area contributed by atoms with E-state index in [-0.39, 0.29) is 12.5 Å². The summed E-state index contributed by atoms with van der Waals surface area (Å²) in [5.74, 6) is 0.310. The fraction of sp³-hybridized carbons (Fsp3) is 0.292. The van der Waals surface area contributed by atoms with Gasteiger partial charge in [-0.15, -0.1) is 0 Å². The van der Waals surface area contributed by atoms with Crippen LogP contribution >= 0.6 is 0 Å². The van der Waals surface area contributed by atoms with E-state index >= 15 is 0 Å². The van der Waals surface area contributed by atoms with Crippen LogP contribution in [0.15, 0.2) is 70.5 Å². The molecule has 162 valence electrons. The van der Waals surface area contributed by atoms with Crippen molar-refractivity contribution in [2.24, 2.45) is 0 Å². The number of amides is 1. The second kappa shape index (κ2) is 10.4. The minimum Gasteiger partial charge on any atom is -0.494 e. The fourth-order valence-electron chi connectivity index (χ4n) is 3.20. The SMILES string of the molecule is CCCCc1ccc(NC(=O)Cn2ccn(-c3ccc(OCC)cc3)c(=O)c2=O)cc1. The number of aromatic nitrogens is 2. The predicted molar refractivity (Wildman–Crippen MR) is 121 cm³/mol. The third-order valence-electron chi connectivity index (χ3n) is 4.85. The van der Waals surface area contributed by atoms with Gasteiger partial charge in [0.1, 0.15) is 12.3 Å². The summed E-state index contributed by atoms with van der Waals surface area (Å²) in [6.45, 7) is 4.33. The second-order valence-corrected chi connectivity index (χ2v) is 7.18. The number of carbonyl (C=O) groups is 1. The number of hydrogen-bond acceptors (Lipinski definition) is 4. The number of ether oxygens (including phenoxy) is 1. The highest BCUT2D eigenvalue weighted by Gasteiger charge is 2.10. The standard InChI is InChI=1S/C24H27N3O4/c1-3-5-6-18-7-9-19(10-8-18)25-22(28)17-26-15-16-27(24(30)23(26)29)20-11-13-21(14-12-20)31-4-2/h7-16H,3-6,17H2,1-2H3,(H,25,28). The van der Waals surface area contributed by atoms with E-state index in [0.29, 0.717) is 23.7 Å². The highest BCUT2D eigenvalue weighted by Crippen LogP contribution is 2.14. The van der Waals surface area contributed by atoms with Crippen molar-refractivity contribution in [3.05, 3.63) is 87.2 Å². The normalized spacial score (nSPS) is 10.6. The molecule has 1 heterocycles. The lowest BCUT2D eigenvalue weighted by Crippen LogP contribution is -2.41. The molecule has 31 heavy (non-hydrogen) atoms. The minimum atomic E-state index is -0.763. The molecule has 0 saturated carbocycles. The van der Waals surface area contributed by atoms with Gasteiger partial charge in [-0.3, -0.25) is 23.5 Å². The Labute approximate surface area is 180 Å². The smallest absolute Gasteiger partial charge is 0.320 e. The van der Waals surface area contributed by atoms with E-state index in [1.165, 1.54) is 22.5 Å². The van der Waals surface area contributed by atoms with Crippen molar-refractivity contribution in [1.29, 1.82) is 0 Å². The first-order valence-corrected chi connectivity index (χ1v) is 10.5. The predicted octanol–water partition coefficient (Wildman–Crippen LogP) is 3.38. The van der Waals surface area contributed by atoms with Gasteiger partial charge in [-0.1, -0.05) is 25.5 Å². The van der Waals surface area contributed by atoms with E-state index < -0.39 is 11.1 Å². The Morgan fingerprint density at radius 3 is 2.29 bits per heavy atom. The van der Waals surface area contributed by atoms with E-state index in [1.807, 2.05) is 31.2 Å². The van der Waals surface area contributed by atoms with Gasteiger partial charge in [-0.05, 0) is 61.7 Å². The molecule has 0 unspecified atom stereocenters. The molecule has 7 nitrogen and oxygen atoms in total. The molecular formula is C24H27N3O4. The lowest BCUT2D eigenvalue weighted by atomic mass is 10.1. The molecule has 0 saturated heterocycles. The molecule has 0 fully saturated rings. The maximum Gasteiger partial charge on any atom is 0.320 e. The van der Waals surface area contributed by atoms with Crippen molar-refractivity contribution in [1.82, 2.24) is 9.13 Å². The van der Waals surface area contributed by atoms with Gasteiger partial charge in [0.05, 0.1) is 6.61 Å².